The van der Waals surface area contributed by atoms with E-state index in [1.807, 2.05) is 0 Å². The monoisotopic (exact) mass is 668 g/mol. The van der Waals surface area contributed by atoms with Crippen LogP contribution in [0.3, 0.4) is 0 Å². The van der Waals surface area contributed by atoms with Crippen LogP contribution >= 0.6 is 11.3 Å². The second kappa shape index (κ2) is 13.7. The van der Waals surface area contributed by atoms with Crippen LogP contribution in [-0.4, -0.2) is 62.5 Å². The summed E-state index contributed by atoms with van der Waals surface area (Å²) in [4.78, 5) is 44.7. The molecule has 47 heavy (non-hydrogen) atoms. The van der Waals surface area contributed by atoms with Crippen molar-refractivity contribution in [2.24, 2.45) is 0 Å². The van der Waals surface area contributed by atoms with Crippen molar-refractivity contribution in [1.82, 2.24) is 29.4 Å². The topological polar surface area (TPSA) is 132 Å². The summed E-state index contributed by atoms with van der Waals surface area (Å²) < 4.78 is 35.0. The number of hydrogen-bond acceptors (Lipinski definition) is 9. The van der Waals surface area contributed by atoms with Gasteiger partial charge in [-0.2, -0.15) is 10.2 Å². The molecular weight excluding hydrogens is 627 g/mol. The van der Waals surface area contributed by atoms with Gasteiger partial charge >= 0.3 is 5.69 Å². The summed E-state index contributed by atoms with van der Waals surface area (Å²) in [5, 5.41) is 12.5. The highest BCUT2D eigenvalue weighted by molar-refractivity contribution is 7.21. The number of ether oxygens (including phenoxy) is 3. The number of aryl methyl sites for hydroxylation is 1. The zero-order valence-electron chi connectivity index (χ0n) is 27.2. The number of fused-ring (bicyclic) bond motifs is 1. The zero-order chi connectivity index (χ0) is 33.3. The zero-order valence-corrected chi connectivity index (χ0v) is 28.0. The average Bonchev–Trinajstić information content (AvgIpc) is 3.71. The molecule has 14 heteroatoms. The Kier molecular flexibility index (Phi) is 9.62. The Labute approximate surface area is 275 Å². The van der Waals surface area contributed by atoms with Crippen molar-refractivity contribution in [2.45, 2.75) is 96.1 Å². The molecule has 1 aliphatic carbocycles. The molecule has 4 heterocycles. The van der Waals surface area contributed by atoms with E-state index in [-0.39, 0.29) is 24.1 Å². The molecule has 1 amide bonds. The third kappa shape index (κ3) is 6.50. The summed E-state index contributed by atoms with van der Waals surface area (Å²) in [6.45, 7) is 5.90. The van der Waals surface area contributed by atoms with Crippen LogP contribution in [0.5, 0.6) is 5.75 Å². The number of rotatable bonds is 10. The van der Waals surface area contributed by atoms with E-state index >= 15 is 0 Å². The molecule has 0 bridgehead atoms. The summed E-state index contributed by atoms with van der Waals surface area (Å²) >= 11 is 1.20. The minimum Gasteiger partial charge on any atom is -0.496 e. The number of nitrogens with one attached hydrogen (secondary N) is 1. The molecule has 252 valence electrons. The van der Waals surface area contributed by atoms with Crippen molar-refractivity contribution >= 4 is 27.5 Å². The van der Waals surface area contributed by atoms with E-state index in [9.17, 15) is 18.8 Å². The van der Waals surface area contributed by atoms with E-state index in [1.54, 1.807) is 20.8 Å². The van der Waals surface area contributed by atoms with Crippen LogP contribution in [0.1, 0.15) is 76.0 Å². The normalized spacial score (nSPS) is 17.2. The fourth-order valence-electron chi connectivity index (χ4n) is 6.59. The molecule has 1 aromatic carbocycles. The molecule has 1 saturated heterocycles. The summed E-state index contributed by atoms with van der Waals surface area (Å²) in [5.74, 6) is -0.487. The first-order valence-electron chi connectivity index (χ1n) is 16.1. The van der Waals surface area contributed by atoms with Crippen LogP contribution in [0.2, 0.25) is 0 Å². The van der Waals surface area contributed by atoms with Crippen LogP contribution in [0, 0.1) is 12.7 Å². The molecule has 1 atom stereocenters. The highest BCUT2D eigenvalue weighted by Gasteiger charge is 2.37. The lowest BCUT2D eigenvalue weighted by Gasteiger charge is -2.32. The molecule has 1 aliphatic heterocycles. The predicted octanol–water partition coefficient (Wildman–Crippen LogP) is 4.38. The van der Waals surface area contributed by atoms with Gasteiger partial charge in [0.1, 0.15) is 33.0 Å². The smallest absolute Gasteiger partial charge is 0.333 e. The number of methoxy groups -OCH3 is 1. The molecule has 1 saturated carbocycles. The van der Waals surface area contributed by atoms with Gasteiger partial charge in [0.05, 0.1) is 37.5 Å². The fraction of sp³-hybridized carbons (Fsp3) is 0.545. The van der Waals surface area contributed by atoms with Crippen molar-refractivity contribution < 1.29 is 23.4 Å². The maximum atomic E-state index is 14.8. The Morgan fingerprint density at radius 1 is 1.13 bits per heavy atom. The van der Waals surface area contributed by atoms with Crippen molar-refractivity contribution in [3.05, 3.63) is 68.4 Å². The van der Waals surface area contributed by atoms with Gasteiger partial charge in [-0.15, -0.1) is 4.80 Å². The second-order valence-corrected chi connectivity index (χ2v) is 13.7. The fourth-order valence-corrected chi connectivity index (χ4v) is 7.81. The number of halogens is 1. The van der Waals surface area contributed by atoms with Crippen molar-refractivity contribution in [2.75, 3.05) is 20.3 Å². The summed E-state index contributed by atoms with van der Waals surface area (Å²) in [7, 11) is 1.49. The molecule has 2 aliphatic rings. The minimum atomic E-state index is -1.53. The number of thiophene rings is 1. The van der Waals surface area contributed by atoms with Crippen molar-refractivity contribution in [1.29, 1.82) is 0 Å². The van der Waals surface area contributed by atoms with Gasteiger partial charge in [0.2, 0.25) is 5.91 Å². The summed E-state index contributed by atoms with van der Waals surface area (Å²) in [5.41, 5.74) is -1.80. The number of benzene rings is 1. The molecule has 6 rings (SSSR count). The summed E-state index contributed by atoms with van der Waals surface area (Å²) in [6, 6.07) is 4.16. The lowest BCUT2D eigenvalue weighted by molar-refractivity contribution is -0.129. The van der Waals surface area contributed by atoms with E-state index in [4.69, 9.17) is 14.2 Å². The molecule has 0 unspecified atom stereocenters. The van der Waals surface area contributed by atoms with Gasteiger partial charge in [0, 0.05) is 30.4 Å². The van der Waals surface area contributed by atoms with Crippen molar-refractivity contribution in [3.8, 4) is 10.8 Å². The first-order valence-corrected chi connectivity index (χ1v) is 17.0. The number of carbonyl (C=O) groups is 1. The Morgan fingerprint density at radius 3 is 2.51 bits per heavy atom. The molecule has 0 spiro atoms. The molecule has 12 nitrogen and oxygen atoms in total. The van der Waals surface area contributed by atoms with E-state index in [0.717, 1.165) is 36.7 Å². The number of nitrogens with zero attached hydrogens (tertiary/aromatic N) is 5. The van der Waals surface area contributed by atoms with Crippen LogP contribution in [-0.2, 0) is 26.4 Å². The molecular formula is C33H41FN6O6S. The lowest BCUT2D eigenvalue weighted by Crippen LogP contribution is -2.57. The van der Waals surface area contributed by atoms with Gasteiger partial charge in [0.25, 0.3) is 5.56 Å². The van der Waals surface area contributed by atoms with Crippen LogP contribution in [0.15, 0.2) is 40.2 Å². The molecule has 1 N–H and O–H groups in total. The van der Waals surface area contributed by atoms with Gasteiger partial charge in [-0.25, -0.2) is 13.8 Å². The minimum absolute atomic E-state index is 0.0183. The first kappa shape index (κ1) is 33.0. The second-order valence-electron chi connectivity index (χ2n) is 12.8. The molecule has 0 radical (unpaired) electrons. The SMILES string of the molecule is COc1ccc(F)cc1[C@H](Cn1c(=O)n(C(C)(C)C(=O)NC2CCCCC2)c(=O)c2c(C)c(-n3nccn3)sc21)OC1CCOCC1. The average molecular weight is 669 g/mol. The standard InChI is InChI=1S/C33H41FN6O6S/c1-20-27-28(41)39(33(2,3)31(42)37-22-8-6-5-7-9-22)32(43)38(30(27)47-29(20)40-35-14-15-36-40)19-26(46-23-12-16-45-17-13-23)24-18-21(34)10-11-25(24)44-4/h10-11,14-15,18,22-23,26H,5-9,12-13,16-17,19H2,1-4H3,(H,37,42)/t26-/m0/s1. The number of amides is 1. The first-order chi connectivity index (χ1) is 22.6. The predicted molar refractivity (Wildman–Crippen MR) is 175 cm³/mol. The van der Waals surface area contributed by atoms with Crippen LogP contribution < -0.4 is 21.3 Å². The van der Waals surface area contributed by atoms with Gasteiger partial charge < -0.3 is 19.5 Å². The number of aromatic nitrogens is 5. The number of carbonyl (C=O) groups excluding carboxylic acids is 1. The van der Waals surface area contributed by atoms with E-state index in [2.05, 4.69) is 15.5 Å². The van der Waals surface area contributed by atoms with Crippen LogP contribution in [0.4, 0.5) is 4.39 Å². The molecule has 2 fully saturated rings. The highest BCUT2D eigenvalue weighted by Crippen LogP contribution is 2.35. The van der Waals surface area contributed by atoms with E-state index in [1.165, 1.54) is 58.4 Å². The maximum Gasteiger partial charge on any atom is 0.333 e. The highest BCUT2D eigenvalue weighted by atomic mass is 32.1. The Hall–Kier alpha value is -3.88. The van der Waals surface area contributed by atoms with E-state index < -0.39 is 34.6 Å². The largest absolute Gasteiger partial charge is 0.496 e. The van der Waals surface area contributed by atoms with Gasteiger partial charge in [0.15, 0.2) is 0 Å². The Bertz CT molecular complexity index is 1850. The van der Waals surface area contributed by atoms with Gasteiger partial charge in [-0.3, -0.25) is 14.2 Å². The van der Waals surface area contributed by atoms with Crippen molar-refractivity contribution in [3.63, 3.8) is 0 Å². The third-order valence-electron chi connectivity index (χ3n) is 9.25. The number of hydrogen-bond donors (Lipinski definition) is 1. The van der Waals surface area contributed by atoms with Gasteiger partial charge in [-0.1, -0.05) is 30.6 Å². The van der Waals surface area contributed by atoms with Gasteiger partial charge in [-0.05, 0) is 64.7 Å². The molecule has 4 aromatic rings. The third-order valence-corrected chi connectivity index (χ3v) is 10.5. The summed E-state index contributed by atoms with van der Waals surface area (Å²) in [6.07, 6.45) is 8.10. The Balaban J connectivity index is 1.53. The van der Waals surface area contributed by atoms with E-state index in [0.29, 0.717) is 52.8 Å². The maximum absolute atomic E-state index is 14.8. The van der Waals surface area contributed by atoms with Crippen LogP contribution in [0.25, 0.3) is 15.2 Å². The molecule has 3 aromatic heterocycles. The lowest BCUT2D eigenvalue weighted by atomic mass is 9.94. The quantitative estimate of drug-likeness (QED) is 0.264. The Morgan fingerprint density at radius 2 is 1.83 bits per heavy atom.